The van der Waals surface area contributed by atoms with Gasteiger partial charge in [0, 0.05) is 24.3 Å². The fraction of sp³-hybridized carbons (Fsp3) is 0.364. The van der Waals surface area contributed by atoms with Crippen LogP contribution in [0.15, 0.2) is 18.2 Å². The lowest BCUT2D eigenvalue weighted by molar-refractivity contribution is 0.112. The van der Waals surface area contributed by atoms with E-state index in [0.717, 1.165) is 18.8 Å². The van der Waals surface area contributed by atoms with Gasteiger partial charge in [-0.3, -0.25) is 4.79 Å². The van der Waals surface area contributed by atoms with Crippen LogP contribution < -0.4 is 4.90 Å². The van der Waals surface area contributed by atoms with Crippen molar-refractivity contribution in [2.45, 2.75) is 0 Å². The van der Waals surface area contributed by atoms with E-state index in [0.29, 0.717) is 25.1 Å². The quantitative estimate of drug-likeness (QED) is 0.691. The second kappa shape index (κ2) is 4.40. The summed E-state index contributed by atoms with van der Waals surface area (Å²) in [5.74, 6) is -0.374. The van der Waals surface area contributed by atoms with Gasteiger partial charge in [-0.15, -0.1) is 0 Å². The van der Waals surface area contributed by atoms with Gasteiger partial charge in [0.2, 0.25) is 0 Å². The van der Waals surface area contributed by atoms with Crippen molar-refractivity contribution in [1.82, 2.24) is 0 Å². The highest BCUT2D eigenvalue weighted by Gasteiger charge is 2.12. The van der Waals surface area contributed by atoms with E-state index in [2.05, 4.69) is 0 Å². The van der Waals surface area contributed by atoms with E-state index >= 15 is 0 Å². The molecule has 1 fully saturated rings. The number of nitrogens with zero attached hydrogens (tertiary/aromatic N) is 1. The first-order chi connectivity index (χ1) is 7.29. The van der Waals surface area contributed by atoms with Crippen molar-refractivity contribution in [2.24, 2.45) is 0 Å². The molecule has 0 atom stereocenters. The van der Waals surface area contributed by atoms with Crippen LogP contribution in [0, 0.1) is 5.82 Å². The number of anilines is 1. The molecule has 0 radical (unpaired) electrons. The molecule has 0 spiro atoms. The van der Waals surface area contributed by atoms with Crippen molar-refractivity contribution >= 4 is 12.0 Å². The van der Waals surface area contributed by atoms with Gasteiger partial charge in [0.15, 0.2) is 0 Å². The van der Waals surface area contributed by atoms with Gasteiger partial charge in [0.05, 0.1) is 13.2 Å². The molecule has 0 aliphatic carbocycles. The van der Waals surface area contributed by atoms with Crippen molar-refractivity contribution in [3.63, 3.8) is 0 Å². The van der Waals surface area contributed by atoms with Gasteiger partial charge in [-0.2, -0.15) is 0 Å². The smallest absolute Gasteiger partial charge is 0.150 e. The number of ether oxygens (including phenoxy) is 1. The molecule has 80 valence electrons. The highest BCUT2D eigenvalue weighted by Crippen LogP contribution is 2.18. The number of benzene rings is 1. The summed E-state index contributed by atoms with van der Waals surface area (Å²) in [4.78, 5) is 12.6. The summed E-state index contributed by atoms with van der Waals surface area (Å²) in [5.41, 5.74) is 1.12. The molecule has 1 aromatic carbocycles. The molecule has 0 aromatic heterocycles. The molecule has 1 aromatic rings. The van der Waals surface area contributed by atoms with Crippen LogP contribution in [-0.2, 0) is 4.74 Å². The first kappa shape index (κ1) is 10.1. The minimum absolute atomic E-state index is 0.372. The van der Waals surface area contributed by atoms with E-state index in [1.807, 2.05) is 4.90 Å². The number of hydrogen-bond acceptors (Lipinski definition) is 3. The topological polar surface area (TPSA) is 29.5 Å². The monoisotopic (exact) mass is 209 g/mol. The molecule has 0 unspecified atom stereocenters. The van der Waals surface area contributed by atoms with E-state index in [9.17, 15) is 9.18 Å². The molecular weight excluding hydrogens is 197 g/mol. The second-order valence-corrected chi connectivity index (χ2v) is 3.46. The first-order valence-corrected chi connectivity index (χ1v) is 4.88. The van der Waals surface area contributed by atoms with Gasteiger partial charge in [-0.05, 0) is 18.2 Å². The maximum absolute atomic E-state index is 13.2. The third-order valence-electron chi connectivity index (χ3n) is 2.42. The zero-order valence-electron chi connectivity index (χ0n) is 8.28. The summed E-state index contributed by atoms with van der Waals surface area (Å²) in [7, 11) is 0. The van der Waals surface area contributed by atoms with Crippen LogP contribution in [0.2, 0.25) is 0 Å². The number of morpholine rings is 1. The van der Waals surface area contributed by atoms with E-state index < -0.39 is 0 Å². The Kier molecular flexibility index (Phi) is 2.97. The van der Waals surface area contributed by atoms with E-state index in [1.54, 1.807) is 6.07 Å². The SMILES string of the molecule is O=Cc1cc(F)cc(N2CCOCC2)c1. The number of carbonyl (C=O) groups excluding carboxylic acids is 1. The Morgan fingerprint density at radius 2 is 2.00 bits per heavy atom. The maximum Gasteiger partial charge on any atom is 0.150 e. The summed E-state index contributed by atoms with van der Waals surface area (Å²) >= 11 is 0. The largest absolute Gasteiger partial charge is 0.378 e. The Balaban J connectivity index is 2.25. The fourth-order valence-corrected chi connectivity index (χ4v) is 1.67. The van der Waals surface area contributed by atoms with E-state index in [4.69, 9.17) is 4.74 Å². The third kappa shape index (κ3) is 2.33. The molecule has 1 aliphatic heterocycles. The molecule has 2 rings (SSSR count). The van der Waals surface area contributed by atoms with Crippen LogP contribution >= 0.6 is 0 Å². The number of rotatable bonds is 2. The average Bonchev–Trinajstić information content (AvgIpc) is 2.29. The Labute approximate surface area is 87.5 Å². The van der Waals surface area contributed by atoms with Crippen LogP contribution in [0.25, 0.3) is 0 Å². The number of halogens is 1. The summed E-state index contributed by atoms with van der Waals surface area (Å²) in [6, 6.07) is 4.37. The van der Waals surface area contributed by atoms with Gasteiger partial charge in [-0.25, -0.2) is 4.39 Å². The molecule has 4 heteroatoms. The summed E-state index contributed by atoms with van der Waals surface area (Å²) in [6.07, 6.45) is 0.660. The molecule has 0 saturated carbocycles. The van der Waals surface area contributed by atoms with Crippen molar-refractivity contribution in [1.29, 1.82) is 0 Å². The Morgan fingerprint density at radius 1 is 1.27 bits per heavy atom. The summed E-state index contributed by atoms with van der Waals surface area (Å²) in [5, 5.41) is 0. The second-order valence-electron chi connectivity index (χ2n) is 3.46. The fourth-order valence-electron chi connectivity index (χ4n) is 1.67. The Bertz CT molecular complexity index is 362. The Hall–Kier alpha value is -1.42. The zero-order chi connectivity index (χ0) is 10.7. The summed E-state index contributed by atoms with van der Waals surface area (Å²) < 4.78 is 18.4. The van der Waals surface area contributed by atoms with E-state index in [-0.39, 0.29) is 5.82 Å². The Morgan fingerprint density at radius 3 is 2.67 bits per heavy atom. The predicted octanol–water partition coefficient (Wildman–Crippen LogP) is 1.47. The van der Waals surface area contributed by atoms with Gasteiger partial charge < -0.3 is 9.64 Å². The maximum atomic E-state index is 13.2. The third-order valence-corrected chi connectivity index (χ3v) is 2.42. The first-order valence-electron chi connectivity index (χ1n) is 4.88. The van der Waals surface area contributed by atoms with Crippen LogP contribution in [0.1, 0.15) is 10.4 Å². The van der Waals surface area contributed by atoms with Crippen LogP contribution in [-0.4, -0.2) is 32.6 Å². The molecular formula is C11H12FNO2. The molecule has 1 heterocycles. The standard InChI is InChI=1S/C11H12FNO2/c12-10-5-9(8-14)6-11(7-10)13-1-3-15-4-2-13/h5-8H,1-4H2. The lowest BCUT2D eigenvalue weighted by Crippen LogP contribution is -2.36. The molecule has 0 N–H and O–H groups in total. The van der Waals surface area contributed by atoms with Gasteiger partial charge >= 0.3 is 0 Å². The van der Waals surface area contributed by atoms with Crippen LogP contribution in [0.5, 0.6) is 0 Å². The number of carbonyl (C=O) groups is 1. The number of hydrogen-bond donors (Lipinski definition) is 0. The molecule has 0 amide bonds. The van der Waals surface area contributed by atoms with Gasteiger partial charge in [-0.1, -0.05) is 0 Å². The van der Waals surface area contributed by atoms with Crippen LogP contribution in [0.3, 0.4) is 0 Å². The average molecular weight is 209 g/mol. The number of aldehydes is 1. The van der Waals surface area contributed by atoms with Crippen molar-refractivity contribution in [3.8, 4) is 0 Å². The molecule has 0 bridgehead atoms. The molecule has 1 saturated heterocycles. The predicted molar refractivity (Wildman–Crippen MR) is 54.8 cm³/mol. The van der Waals surface area contributed by atoms with Crippen molar-refractivity contribution in [3.05, 3.63) is 29.6 Å². The molecule has 3 nitrogen and oxygen atoms in total. The highest BCUT2D eigenvalue weighted by molar-refractivity contribution is 5.77. The minimum atomic E-state index is -0.374. The molecule has 15 heavy (non-hydrogen) atoms. The van der Waals surface area contributed by atoms with E-state index in [1.165, 1.54) is 12.1 Å². The molecule has 1 aliphatic rings. The lowest BCUT2D eigenvalue weighted by atomic mass is 10.2. The lowest BCUT2D eigenvalue weighted by Gasteiger charge is -2.29. The minimum Gasteiger partial charge on any atom is -0.378 e. The summed E-state index contributed by atoms with van der Waals surface area (Å²) in [6.45, 7) is 2.77. The zero-order valence-corrected chi connectivity index (χ0v) is 8.28. The van der Waals surface area contributed by atoms with Crippen LogP contribution in [0.4, 0.5) is 10.1 Å². The normalized spacial score (nSPS) is 16.5. The van der Waals surface area contributed by atoms with Gasteiger partial charge in [0.1, 0.15) is 12.1 Å². The van der Waals surface area contributed by atoms with Gasteiger partial charge in [0.25, 0.3) is 0 Å². The van der Waals surface area contributed by atoms with Crippen molar-refractivity contribution < 1.29 is 13.9 Å². The highest BCUT2D eigenvalue weighted by atomic mass is 19.1. The van der Waals surface area contributed by atoms with Crippen molar-refractivity contribution in [2.75, 3.05) is 31.2 Å².